The van der Waals surface area contributed by atoms with Gasteiger partial charge in [0.25, 0.3) is 0 Å². The van der Waals surface area contributed by atoms with E-state index >= 15 is 0 Å². The first-order chi connectivity index (χ1) is 9.19. The van der Waals surface area contributed by atoms with Crippen LogP contribution in [-0.2, 0) is 13.0 Å². The minimum Gasteiger partial charge on any atom is -0.317 e. The second-order valence-corrected chi connectivity index (χ2v) is 6.75. The van der Waals surface area contributed by atoms with Crippen molar-refractivity contribution >= 4 is 11.3 Å². The Hall–Kier alpha value is -0.450. The highest BCUT2D eigenvalue weighted by Crippen LogP contribution is 2.18. The normalized spacial score (nSPS) is 17.5. The van der Waals surface area contributed by atoms with E-state index in [0.717, 1.165) is 18.9 Å². The van der Waals surface area contributed by atoms with Gasteiger partial charge < -0.3 is 5.32 Å². The average molecular weight is 281 g/mol. The third-order valence-electron chi connectivity index (χ3n) is 3.95. The Morgan fingerprint density at radius 3 is 2.74 bits per heavy atom. The van der Waals surface area contributed by atoms with Crippen molar-refractivity contribution in [3.63, 3.8) is 0 Å². The van der Waals surface area contributed by atoms with Gasteiger partial charge in [0.15, 0.2) is 0 Å². The van der Waals surface area contributed by atoms with E-state index in [1.54, 1.807) is 11.3 Å². The molecule has 0 bridgehead atoms. The fourth-order valence-electron chi connectivity index (χ4n) is 2.65. The van der Waals surface area contributed by atoms with Crippen molar-refractivity contribution < 1.29 is 0 Å². The quantitative estimate of drug-likeness (QED) is 0.869. The maximum absolute atomic E-state index is 4.71. The lowest BCUT2D eigenvalue weighted by atomic mass is 9.97. The third-order valence-corrected chi connectivity index (χ3v) is 4.99. The molecule has 1 fully saturated rings. The smallest absolute Gasteiger partial charge is 0.0926 e. The van der Waals surface area contributed by atoms with Crippen molar-refractivity contribution in [3.8, 4) is 0 Å². The summed E-state index contributed by atoms with van der Waals surface area (Å²) in [5.74, 6) is 0.855. The molecule has 0 saturated carbocycles. The molecule has 2 heterocycles. The molecule has 0 spiro atoms. The number of nitrogens with one attached hydrogen (secondary N) is 1. The largest absolute Gasteiger partial charge is 0.317 e. The Kier molecular flexibility index (Phi) is 5.79. The van der Waals surface area contributed by atoms with Crippen LogP contribution in [0.3, 0.4) is 0 Å². The molecular formula is C15H27N3S. The van der Waals surface area contributed by atoms with E-state index in [4.69, 9.17) is 4.98 Å². The average Bonchev–Trinajstić information content (AvgIpc) is 2.87. The molecule has 19 heavy (non-hydrogen) atoms. The molecule has 0 aliphatic carbocycles. The second kappa shape index (κ2) is 7.36. The minimum atomic E-state index is 0.599. The van der Waals surface area contributed by atoms with Crippen LogP contribution in [0, 0.1) is 5.92 Å². The van der Waals surface area contributed by atoms with Gasteiger partial charge in [0.05, 0.1) is 10.7 Å². The Bertz CT molecular complexity index is 369. The number of nitrogens with zero attached hydrogens (tertiary/aromatic N) is 2. The Morgan fingerprint density at radius 2 is 2.16 bits per heavy atom. The summed E-state index contributed by atoms with van der Waals surface area (Å²) in [5, 5.41) is 6.95. The number of piperidine rings is 1. The number of thiazole rings is 1. The van der Waals surface area contributed by atoms with Gasteiger partial charge in [-0.25, -0.2) is 4.98 Å². The minimum absolute atomic E-state index is 0.599. The molecule has 1 aromatic rings. The van der Waals surface area contributed by atoms with E-state index in [2.05, 4.69) is 36.4 Å². The fourth-order valence-corrected chi connectivity index (χ4v) is 3.38. The Labute approximate surface area is 121 Å². The van der Waals surface area contributed by atoms with Crippen LogP contribution in [0.2, 0.25) is 0 Å². The number of hydrogen-bond acceptors (Lipinski definition) is 4. The standard InChI is InChI=1S/C15H27N3S/c1-4-15-17-14(11-19-15)10-18(12(2)3)9-13-5-7-16-8-6-13/h11-13,16H,4-10H2,1-3H3. The van der Waals surface area contributed by atoms with Gasteiger partial charge in [-0.05, 0) is 52.1 Å². The fraction of sp³-hybridized carbons (Fsp3) is 0.800. The zero-order valence-corrected chi connectivity index (χ0v) is 13.3. The highest BCUT2D eigenvalue weighted by atomic mass is 32.1. The molecule has 1 saturated heterocycles. The molecule has 1 aliphatic heterocycles. The van der Waals surface area contributed by atoms with Crippen LogP contribution in [0.25, 0.3) is 0 Å². The molecule has 4 heteroatoms. The summed E-state index contributed by atoms with van der Waals surface area (Å²) in [6.07, 6.45) is 3.70. The van der Waals surface area contributed by atoms with Crippen molar-refractivity contribution in [2.75, 3.05) is 19.6 Å². The molecule has 0 amide bonds. The molecule has 1 aromatic heterocycles. The molecule has 0 aromatic carbocycles. The van der Waals surface area contributed by atoms with Crippen LogP contribution in [0.1, 0.15) is 44.3 Å². The van der Waals surface area contributed by atoms with Crippen LogP contribution < -0.4 is 5.32 Å². The van der Waals surface area contributed by atoms with Gasteiger partial charge >= 0.3 is 0 Å². The number of aryl methyl sites for hydroxylation is 1. The third kappa shape index (κ3) is 4.55. The van der Waals surface area contributed by atoms with Gasteiger partial charge in [0.2, 0.25) is 0 Å². The summed E-state index contributed by atoms with van der Waals surface area (Å²) < 4.78 is 0. The zero-order chi connectivity index (χ0) is 13.7. The predicted octanol–water partition coefficient (Wildman–Crippen LogP) is 2.92. The van der Waals surface area contributed by atoms with Crippen molar-refractivity contribution in [1.29, 1.82) is 0 Å². The first-order valence-corrected chi connectivity index (χ1v) is 8.45. The first-order valence-electron chi connectivity index (χ1n) is 7.57. The van der Waals surface area contributed by atoms with Gasteiger partial charge in [0.1, 0.15) is 0 Å². The van der Waals surface area contributed by atoms with Crippen molar-refractivity contribution in [2.24, 2.45) is 5.92 Å². The first kappa shape index (κ1) is 14.9. The Balaban J connectivity index is 1.91. The van der Waals surface area contributed by atoms with Crippen LogP contribution >= 0.6 is 11.3 Å². The second-order valence-electron chi connectivity index (χ2n) is 5.80. The maximum atomic E-state index is 4.71. The van der Waals surface area contributed by atoms with Crippen LogP contribution in [0.15, 0.2) is 5.38 Å². The van der Waals surface area contributed by atoms with Crippen molar-refractivity contribution in [1.82, 2.24) is 15.2 Å². The van der Waals surface area contributed by atoms with Gasteiger partial charge in [-0.3, -0.25) is 4.90 Å². The van der Waals surface area contributed by atoms with Gasteiger partial charge in [-0.2, -0.15) is 0 Å². The number of aromatic nitrogens is 1. The van der Waals surface area contributed by atoms with E-state index in [-0.39, 0.29) is 0 Å². The summed E-state index contributed by atoms with van der Waals surface area (Å²) in [7, 11) is 0. The zero-order valence-electron chi connectivity index (χ0n) is 12.5. The van der Waals surface area contributed by atoms with Crippen LogP contribution in [0.4, 0.5) is 0 Å². The highest BCUT2D eigenvalue weighted by Gasteiger charge is 2.19. The van der Waals surface area contributed by atoms with Crippen molar-refractivity contribution in [2.45, 2.75) is 52.6 Å². The van der Waals surface area contributed by atoms with E-state index in [1.165, 1.54) is 43.2 Å². The van der Waals surface area contributed by atoms with Crippen LogP contribution in [-0.4, -0.2) is 35.6 Å². The lowest BCUT2D eigenvalue weighted by Crippen LogP contribution is -2.39. The lowest BCUT2D eigenvalue weighted by Gasteiger charge is -2.32. The van der Waals surface area contributed by atoms with E-state index in [9.17, 15) is 0 Å². The van der Waals surface area contributed by atoms with E-state index in [1.807, 2.05) is 0 Å². The van der Waals surface area contributed by atoms with Gasteiger partial charge in [0, 0.05) is 24.5 Å². The summed E-state index contributed by atoms with van der Waals surface area (Å²) in [6.45, 7) is 11.4. The number of rotatable bonds is 6. The summed E-state index contributed by atoms with van der Waals surface area (Å²) in [5.41, 5.74) is 1.25. The summed E-state index contributed by atoms with van der Waals surface area (Å²) in [6, 6.07) is 0.599. The summed E-state index contributed by atoms with van der Waals surface area (Å²) >= 11 is 1.80. The Morgan fingerprint density at radius 1 is 1.42 bits per heavy atom. The molecule has 3 nitrogen and oxygen atoms in total. The monoisotopic (exact) mass is 281 g/mol. The molecular weight excluding hydrogens is 254 g/mol. The van der Waals surface area contributed by atoms with Gasteiger partial charge in [-0.1, -0.05) is 6.92 Å². The predicted molar refractivity (Wildman–Crippen MR) is 82.6 cm³/mol. The molecule has 108 valence electrons. The topological polar surface area (TPSA) is 28.2 Å². The van der Waals surface area contributed by atoms with Crippen molar-refractivity contribution in [3.05, 3.63) is 16.1 Å². The SMILES string of the molecule is CCc1nc(CN(CC2CCNCC2)C(C)C)cs1. The molecule has 2 rings (SSSR count). The van der Waals surface area contributed by atoms with E-state index < -0.39 is 0 Å². The summed E-state index contributed by atoms with van der Waals surface area (Å²) in [4.78, 5) is 7.30. The molecule has 1 aliphatic rings. The lowest BCUT2D eigenvalue weighted by molar-refractivity contribution is 0.160. The molecule has 0 unspecified atom stereocenters. The van der Waals surface area contributed by atoms with E-state index in [0.29, 0.717) is 6.04 Å². The number of hydrogen-bond donors (Lipinski definition) is 1. The maximum Gasteiger partial charge on any atom is 0.0926 e. The molecule has 0 atom stereocenters. The van der Waals surface area contributed by atoms with Gasteiger partial charge in [-0.15, -0.1) is 11.3 Å². The van der Waals surface area contributed by atoms with Crippen LogP contribution in [0.5, 0.6) is 0 Å². The molecule has 0 radical (unpaired) electrons. The molecule has 1 N–H and O–H groups in total. The highest BCUT2D eigenvalue weighted by molar-refractivity contribution is 7.09.